The van der Waals surface area contributed by atoms with Gasteiger partial charge in [0.2, 0.25) is 0 Å². The largest absolute Gasteiger partial charge is 0.477 e. The molecule has 0 spiro atoms. The van der Waals surface area contributed by atoms with E-state index in [1.807, 2.05) is 5.41 Å². The average Bonchev–Trinajstić information content (AvgIpc) is 2.25. The zero-order valence-electron chi connectivity index (χ0n) is 9.60. The van der Waals surface area contributed by atoms with Gasteiger partial charge in [-0.2, -0.15) is 0 Å². The molecule has 0 saturated heterocycles. The molecule has 0 fully saturated rings. The monoisotopic (exact) mass is 271 g/mol. The van der Waals surface area contributed by atoms with Crippen molar-refractivity contribution in [2.24, 2.45) is 0 Å². The van der Waals surface area contributed by atoms with Gasteiger partial charge in [0.25, 0.3) is 0 Å². The number of allylic oxidation sites excluding steroid dienone is 1. The number of hydrogen-bond acceptors (Lipinski definition) is 4. The van der Waals surface area contributed by atoms with Gasteiger partial charge >= 0.3 is 5.97 Å². The summed E-state index contributed by atoms with van der Waals surface area (Å²) >= 11 is 6.50. The first-order valence-corrected chi connectivity index (χ1v) is 6.36. The van der Waals surface area contributed by atoms with E-state index in [1.54, 1.807) is 6.92 Å². The molecule has 1 aliphatic heterocycles. The highest BCUT2D eigenvalue weighted by Crippen LogP contribution is 2.27. The van der Waals surface area contributed by atoms with Crippen molar-refractivity contribution < 1.29 is 14.7 Å². The summed E-state index contributed by atoms with van der Waals surface area (Å²) in [5.41, 5.74) is 0.909. The molecule has 0 bridgehead atoms. The minimum atomic E-state index is -1.02. The Kier molecular flexibility index (Phi) is 4.89. The van der Waals surface area contributed by atoms with Gasteiger partial charge in [0.05, 0.1) is 4.99 Å². The Morgan fingerprint density at radius 3 is 2.59 bits per heavy atom. The van der Waals surface area contributed by atoms with Gasteiger partial charge in [0, 0.05) is 23.9 Å². The van der Waals surface area contributed by atoms with Crippen LogP contribution in [-0.4, -0.2) is 26.7 Å². The average molecular weight is 271 g/mol. The number of carbonyl (C=O) groups is 2. The van der Waals surface area contributed by atoms with Gasteiger partial charge in [-0.25, -0.2) is 4.79 Å². The van der Waals surface area contributed by atoms with Crippen molar-refractivity contribution in [2.45, 2.75) is 26.7 Å². The molecule has 6 heteroatoms. The van der Waals surface area contributed by atoms with Gasteiger partial charge in [-0.15, -0.1) is 11.8 Å². The number of hydrogen-bond donors (Lipinski definition) is 1. The molecular formula is C11H13NO3S2. The Morgan fingerprint density at radius 2 is 2.06 bits per heavy atom. The van der Waals surface area contributed by atoms with Gasteiger partial charge in [-0.3, -0.25) is 0 Å². The maximum Gasteiger partial charge on any atom is 0.353 e. The van der Waals surface area contributed by atoms with Crippen LogP contribution >= 0.6 is 24.0 Å². The fourth-order valence-electron chi connectivity index (χ4n) is 1.36. The summed E-state index contributed by atoms with van der Waals surface area (Å²) in [6, 6.07) is 0. The molecule has 0 aromatic rings. The topological polar surface area (TPSA) is 57.6 Å². The van der Waals surface area contributed by atoms with Crippen LogP contribution in [0.2, 0.25) is 0 Å². The van der Waals surface area contributed by atoms with Crippen LogP contribution in [-0.2, 0) is 9.59 Å². The lowest BCUT2D eigenvalue weighted by atomic mass is 10.2. The third-order valence-electron chi connectivity index (χ3n) is 2.17. The second kappa shape index (κ2) is 5.97. The molecular weight excluding hydrogens is 258 g/mol. The SMILES string of the molecule is CC(=O)CCC(=S)N1C(C)=CSC=C1C(=O)O. The third-order valence-corrected chi connectivity index (χ3v) is 3.39. The summed E-state index contributed by atoms with van der Waals surface area (Å²) in [6.07, 6.45) is 0.730. The highest BCUT2D eigenvalue weighted by molar-refractivity contribution is 8.05. The summed E-state index contributed by atoms with van der Waals surface area (Å²) in [5, 5.41) is 12.4. The van der Waals surface area contributed by atoms with Crippen LogP contribution in [0.4, 0.5) is 0 Å². The van der Waals surface area contributed by atoms with Gasteiger partial charge in [0.1, 0.15) is 11.5 Å². The molecule has 0 aliphatic carbocycles. The van der Waals surface area contributed by atoms with Crippen molar-refractivity contribution in [1.29, 1.82) is 0 Å². The van der Waals surface area contributed by atoms with Crippen LogP contribution in [0.1, 0.15) is 26.7 Å². The molecule has 0 aromatic carbocycles. The second-order valence-electron chi connectivity index (χ2n) is 3.63. The summed E-state index contributed by atoms with van der Waals surface area (Å²) in [5.74, 6) is -0.976. The van der Waals surface area contributed by atoms with E-state index in [1.165, 1.54) is 29.0 Å². The number of Topliss-reactive ketones (excluding diaryl/α,β-unsaturated/α-hetero) is 1. The van der Waals surface area contributed by atoms with E-state index in [-0.39, 0.29) is 11.5 Å². The van der Waals surface area contributed by atoms with Crippen LogP contribution in [0.25, 0.3) is 0 Å². The lowest BCUT2D eigenvalue weighted by Crippen LogP contribution is -2.32. The second-order valence-corrected chi connectivity index (χ2v) is 4.85. The lowest BCUT2D eigenvalue weighted by molar-refractivity contribution is -0.133. The summed E-state index contributed by atoms with van der Waals surface area (Å²) in [4.78, 5) is 23.9. The fraction of sp³-hybridized carbons (Fsp3) is 0.364. The van der Waals surface area contributed by atoms with Crippen LogP contribution < -0.4 is 0 Å². The Hall–Kier alpha value is -1.14. The molecule has 92 valence electrons. The number of carbonyl (C=O) groups excluding carboxylic acids is 1. The fourth-order valence-corrected chi connectivity index (χ4v) is 2.41. The zero-order chi connectivity index (χ0) is 13.0. The number of nitrogens with zero attached hydrogens (tertiary/aromatic N) is 1. The van der Waals surface area contributed by atoms with Gasteiger partial charge in [0.15, 0.2) is 0 Å². The van der Waals surface area contributed by atoms with Gasteiger partial charge in [-0.1, -0.05) is 12.2 Å². The van der Waals surface area contributed by atoms with Crippen LogP contribution in [0, 0.1) is 0 Å². The smallest absolute Gasteiger partial charge is 0.353 e. The predicted molar refractivity (Wildman–Crippen MR) is 71.4 cm³/mol. The molecule has 0 radical (unpaired) electrons. The minimum Gasteiger partial charge on any atom is -0.477 e. The molecule has 0 aromatic heterocycles. The number of thioether (sulfide) groups is 1. The highest BCUT2D eigenvalue weighted by atomic mass is 32.2. The summed E-state index contributed by atoms with van der Waals surface area (Å²) in [6.45, 7) is 3.29. The van der Waals surface area contributed by atoms with E-state index in [0.29, 0.717) is 17.8 Å². The maximum atomic E-state index is 11.1. The van der Waals surface area contributed by atoms with Crippen LogP contribution in [0.15, 0.2) is 22.2 Å². The first-order chi connectivity index (χ1) is 7.93. The number of thiocarbonyl (C=S) groups is 1. The molecule has 4 nitrogen and oxygen atoms in total. The molecule has 1 N–H and O–H groups in total. The molecule has 0 amide bonds. The quantitative estimate of drug-likeness (QED) is 0.793. The normalized spacial score (nSPS) is 15.1. The van der Waals surface area contributed by atoms with E-state index in [0.717, 1.165) is 5.70 Å². The zero-order valence-corrected chi connectivity index (χ0v) is 11.2. The lowest BCUT2D eigenvalue weighted by Gasteiger charge is -2.28. The molecule has 1 aliphatic rings. The highest BCUT2D eigenvalue weighted by Gasteiger charge is 2.24. The first kappa shape index (κ1) is 13.9. The maximum absolute atomic E-state index is 11.1. The molecule has 0 saturated carbocycles. The first-order valence-electron chi connectivity index (χ1n) is 5.01. The van der Waals surface area contributed by atoms with Crippen molar-refractivity contribution in [2.75, 3.05) is 0 Å². The van der Waals surface area contributed by atoms with E-state index >= 15 is 0 Å². The molecule has 1 rings (SSSR count). The summed E-state index contributed by atoms with van der Waals surface area (Å²) in [7, 11) is 0. The number of rotatable bonds is 4. The van der Waals surface area contributed by atoms with Crippen molar-refractivity contribution in [3.8, 4) is 0 Å². The van der Waals surface area contributed by atoms with Crippen LogP contribution in [0.5, 0.6) is 0 Å². The number of carboxylic acid groups (broad SMARTS) is 1. The Balaban J connectivity index is 2.83. The van der Waals surface area contributed by atoms with E-state index in [4.69, 9.17) is 17.3 Å². The van der Waals surface area contributed by atoms with Crippen molar-refractivity contribution in [3.63, 3.8) is 0 Å². The Morgan fingerprint density at radius 1 is 1.41 bits per heavy atom. The molecule has 0 unspecified atom stereocenters. The molecule has 17 heavy (non-hydrogen) atoms. The van der Waals surface area contributed by atoms with Crippen LogP contribution in [0.3, 0.4) is 0 Å². The standard InChI is InChI=1S/C11H13NO3S2/c1-7-5-17-6-9(11(14)15)12(7)10(16)4-3-8(2)13/h5-6H,3-4H2,1-2H3,(H,14,15). The predicted octanol–water partition coefficient (Wildman–Crippen LogP) is 2.52. The number of carboxylic acids is 1. The molecule has 1 heterocycles. The van der Waals surface area contributed by atoms with E-state index in [2.05, 4.69) is 0 Å². The van der Waals surface area contributed by atoms with E-state index < -0.39 is 5.97 Å². The minimum absolute atomic E-state index is 0.0428. The van der Waals surface area contributed by atoms with Crippen molar-refractivity contribution in [3.05, 3.63) is 22.2 Å². The number of ketones is 1. The van der Waals surface area contributed by atoms with E-state index in [9.17, 15) is 9.59 Å². The van der Waals surface area contributed by atoms with Gasteiger partial charge in [-0.05, 0) is 19.3 Å². The third kappa shape index (κ3) is 3.67. The number of aliphatic carboxylic acids is 1. The Labute approximate surface area is 109 Å². The summed E-state index contributed by atoms with van der Waals surface area (Å²) < 4.78 is 0. The molecule has 0 atom stereocenters. The van der Waals surface area contributed by atoms with Crippen molar-refractivity contribution >= 4 is 40.7 Å². The van der Waals surface area contributed by atoms with Crippen molar-refractivity contribution in [1.82, 2.24) is 4.90 Å². The Bertz CT molecular complexity index is 426. The van der Waals surface area contributed by atoms with Gasteiger partial charge < -0.3 is 14.8 Å².